The van der Waals surface area contributed by atoms with Crippen LogP contribution in [-0.2, 0) is 6.42 Å². The van der Waals surface area contributed by atoms with Crippen molar-refractivity contribution in [2.24, 2.45) is 0 Å². The molecule has 24 heavy (non-hydrogen) atoms. The predicted octanol–water partition coefficient (Wildman–Crippen LogP) is 2.00. The zero-order chi connectivity index (χ0) is 16.5. The van der Waals surface area contributed by atoms with Gasteiger partial charge in [-0.1, -0.05) is 0 Å². The summed E-state index contributed by atoms with van der Waals surface area (Å²) in [6, 6.07) is 6.82. The number of fused-ring (bicyclic) bond motifs is 3. The number of methoxy groups -OCH3 is 1. The van der Waals surface area contributed by atoms with Gasteiger partial charge in [-0.2, -0.15) is 0 Å². The molecule has 4 rings (SSSR count). The van der Waals surface area contributed by atoms with Crippen molar-refractivity contribution in [2.75, 3.05) is 53.4 Å². The lowest BCUT2D eigenvalue weighted by atomic mass is 9.97. The quantitative estimate of drug-likeness (QED) is 0.901. The van der Waals surface area contributed by atoms with Crippen molar-refractivity contribution in [1.29, 1.82) is 0 Å². The predicted molar refractivity (Wildman–Crippen MR) is 97.9 cm³/mol. The summed E-state index contributed by atoms with van der Waals surface area (Å²) in [6.07, 6.45) is 2.27. The molecular formula is C19H28N4O. The highest BCUT2D eigenvalue weighted by molar-refractivity contribution is 5.86. The number of piperazine rings is 1. The third-order valence-electron chi connectivity index (χ3n) is 5.59. The van der Waals surface area contributed by atoms with E-state index in [4.69, 9.17) is 4.74 Å². The van der Waals surface area contributed by atoms with E-state index in [1.807, 2.05) is 0 Å². The molecule has 0 spiro atoms. The fourth-order valence-electron chi connectivity index (χ4n) is 4.05. The van der Waals surface area contributed by atoms with E-state index in [1.165, 1.54) is 61.3 Å². The number of rotatable bonds is 4. The Morgan fingerprint density at radius 2 is 2.04 bits per heavy atom. The summed E-state index contributed by atoms with van der Waals surface area (Å²) >= 11 is 0. The number of ether oxygens (including phenoxy) is 1. The van der Waals surface area contributed by atoms with Gasteiger partial charge >= 0.3 is 0 Å². The Morgan fingerprint density at radius 1 is 1.21 bits per heavy atom. The molecule has 2 aliphatic heterocycles. The van der Waals surface area contributed by atoms with Crippen molar-refractivity contribution in [3.63, 3.8) is 0 Å². The molecule has 0 aliphatic carbocycles. The topological polar surface area (TPSA) is 43.5 Å². The maximum absolute atomic E-state index is 5.37. The van der Waals surface area contributed by atoms with Crippen LogP contribution < -0.4 is 10.1 Å². The largest absolute Gasteiger partial charge is 0.497 e. The fraction of sp³-hybridized carbons (Fsp3) is 0.579. The van der Waals surface area contributed by atoms with E-state index in [-0.39, 0.29) is 0 Å². The summed E-state index contributed by atoms with van der Waals surface area (Å²) in [5.41, 5.74) is 4.08. The molecule has 1 fully saturated rings. The van der Waals surface area contributed by atoms with Gasteiger partial charge in [0.25, 0.3) is 0 Å². The second-order valence-corrected chi connectivity index (χ2v) is 7.12. The van der Waals surface area contributed by atoms with Gasteiger partial charge in [0.05, 0.1) is 7.11 Å². The third-order valence-corrected chi connectivity index (χ3v) is 5.59. The van der Waals surface area contributed by atoms with Crippen LogP contribution in [0, 0.1) is 0 Å². The van der Waals surface area contributed by atoms with E-state index in [9.17, 15) is 0 Å². The van der Waals surface area contributed by atoms with Gasteiger partial charge in [0, 0.05) is 61.4 Å². The molecule has 3 heterocycles. The minimum absolute atomic E-state index is 0.437. The summed E-state index contributed by atoms with van der Waals surface area (Å²) < 4.78 is 5.37. The van der Waals surface area contributed by atoms with Gasteiger partial charge < -0.3 is 24.8 Å². The molecule has 0 saturated carbocycles. The highest BCUT2D eigenvalue weighted by Gasteiger charge is 2.25. The van der Waals surface area contributed by atoms with E-state index < -0.39 is 0 Å². The zero-order valence-corrected chi connectivity index (χ0v) is 14.8. The first-order valence-corrected chi connectivity index (χ1v) is 9.07. The Kier molecular flexibility index (Phi) is 4.48. The molecule has 1 saturated heterocycles. The molecule has 1 atom stereocenters. The molecule has 1 aromatic carbocycles. The lowest BCUT2D eigenvalue weighted by Gasteiger charge is -2.34. The van der Waals surface area contributed by atoms with Crippen LogP contribution in [0.15, 0.2) is 18.2 Å². The molecule has 1 aromatic heterocycles. The maximum atomic E-state index is 5.37. The number of hydrogen-bond acceptors (Lipinski definition) is 4. The Morgan fingerprint density at radius 3 is 2.83 bits per heavy atom. The first-order chi connectivity index (χ1) is 11.7. The van der Waals surface area contributed by atoms with Gasteiger partial charge in [0.15, 0.2) is 0 Å². The van der Waals surface area contributed by atoms with Crippen molar-refractivity contribution in [3.8, 4) is 5.75 Å². The highest BCUT2D eigenvalue weighted by atomic mass is 16.5. The molecule has 2 N–H and O–H groups in total. The van der Waals surface area contributed by atoms with Crippen LogP contribution in [0.1, 0.15) is 23.7 Å². The van der Waals surface area contributed by atoms with Crippen LogP contribution in [0.25, 0.3) is 10.9 Å². The highest BCUT2D eigenvalue weighted by Crippen LogP contribution is 2.33. The van der Waals surface area contributed by atoms with Crippen LogP contribution in [0.2, 0.25) is 0 Å². The summed E-state index contributed by atoms with van der Waals surface area (Å²) in [7, 11) is 3.94. The fourth-order valence-corrected chi connectivity index (χ4v) is 4.05. The summed E-state index contributed by atoms with van der Waals surface area (Å²) in [4.78, 5) is 8.68. The van der Waals surface area contributed by atoms with Gasteiger partial charge in [0.2, 0.25) is 0 Å². The summed E-state index contributed by atoms with van der Waals surface area (Å²) in [6.45, 7) is 7.01. The number of hydrogen-bond donors (Lipinski definition) is 2. The minimum atomic E-state index is 0.437. The number of nitrogens with one attached hydrogen (secondary N) is 2. The lowest BCUT2D eigenvalue weighted by molar-refractivity contribution is 0.148. The van der Waals surface area contributed by atoms with Crippen LogP contribution >= 0.6 is 0 Å². The Hall–Kier alpha value is -1.56. The van der Waals surface area contributed by atoms with Gasteiger partial charge in [-0.15, -0.1) is 0 Å². The first kappa shape index (κ1) is 15.9. The van der Waals surface area contributed by atoms with E-state index >= 15 is 0 Å². The second kappa shape index (κ2) is 6.75. The van der Waals surface area contributed by atoms with Crippen molar-refractivity contribution in [3.05, 3.63) is 29.5 Å². The van der Waals surface area contributed by atoms with Crippen molar-refractivity contribution >= 4 is 10.9 Å². The van der Waals surface area contributed by atoms with E-state index in [0.29, 0.717) is 6.04 Å². The third kappa shape index (κ3) is 3.04. The number of aromatic nitrogens is 1. The van der Waals surface area contributed by atoms with Crippen molar-refractivity contribution < 1.29 is 4.74 Å². The van der Waals surface area contributed by atoms with E-state index in [2.05, 4.69) is 45.3 Å². The van der Waals surface area contributed by atoms with Gasteiger partial charge in [0.1, 0.15) is 5.75 Å². The van der Waals surface area contributed by atoms with E-state index in [1.54, 1.807) is 7.11 Å². The summed E-state index contributed by atoms with van der Waals surface area (Å²) in [5, 5.41) is 5.07. The molecule has 2 aliphatic rings. The molecule has 0 radical (unpaired) electrons. The summed E-state index contributed by atoms with van der Waals surface area (Å²) in [5.74, 6) is 0.919. The van der Waals surface area contributed by atoms with E-state index in [0.717, 1.165) is 18.7 Å². The molecular weight excluding hydrogens is 300 g/mol. The lowest BCUT2D eigenvalue weighted by Crippen LogP contribution is -2.45. The monoisotopic (exact) mass is 328 g/mol. The van der Waals surface area contributed by atoms with Gasteiger partial charge in [-0.3, -0.25) is 0 Å². The smallest absolute Gasteiger partial charge is 0.120 e. The maximum Gasteiger partial charge on any atom is 0.120 e. The average Bonchev–Trinajstić information content (AvgIpc) is 2.99. The normalized spacial score (nSPS) is 22.7. The molecule has 130 valence electrons. The number of benzene rings is 1. The number of aromatic amines is 1. The standard InChI is InChI=1S/C19H28N4O/c1-22-9-11-23(12-10-22)8-6-17-19-16(5-7-20-17)15-4-3-14(24-2)13-18(15)21-19/h3-4,13,17,20-21H,5-12H2,1-2H3/t17-/m0/s1. The molecule has 0 unspecified atom stereocenters. The Labute approximate surface area is 144 Å². The van der Waals surface area contributed by atoms with Crippen LogP contribution in [0.3, 0.4) is 0 Å². The van der Waals surface area contributed by atoms with Crippen LogP contribution in [0.4, 0.5) is 0 Å². The molecule has 2 aromatic rings. The van der Waals surface area contributed by atoms with Crippen LogP contribution in [0.5, 0.6) is 5.75 Å². The van der Waals surface area contributed by atoms with Gasteiger partial charge in [-0.05, 0) is 44.1 Å². The first-order valence-electron chi connectivity index (χ1n) is 9.07. The number of likely N-dealkylation sites (N-methyl/N-ethyl adjacent to an activating group) is 1. The van der Waals surface area contributed by atoms with Crippen molar-refractivity contribution in [2.45, 2.75) is 18.9 Å². The van der Waals surface area contributed by atoms with Gasteiger partial charge in [-0.25, -0.2) is 0 Å². The molecule has 0 bridgehead atoms. The second-order valence-electron chi connectivity index (χ2n) is 7.12. The van der Waals surface area contributed by atoms with Crippen LogP contribution in [-0.4, -0.2) is 68.2 Å². The SMILES string of the molecule is COc1ccc2c3c([nH]c2c1)[C@H](CCN1CCN(C)CC1)NCC3. The number of nitrogens with zero attached hydrogens (tertiary/aromatic N) is 2. The minimum Gasteiger partial charge on any atom is -0.497 e. The number of H-pyrrole nitrogens is 1. The zero-order valence-electron chi connectivity index (χ0n) is 14.8. The Bertz CT molecular complexity index is 703. The molecule has 5 heteroatoms. The molecule has 5 nitrogen and oxygen atoms in total. The average molecular weight is 328 g/mol. The van der Waals surface area contributed by atoms with Crippen molar-refractivity contribution in [1.82, 2.24) is 20.1 Å². The molecule has 0 amide bonds. The Balaban J connectivity index is 1.50.